The van der Waals surface area contributed by atoms with E-state index in [9.17, 15) is 0 Å². The van der Waals surface area contributed by atoms with Crippen molar-refractivity contribution in [2.75, 3.05) is 26.7 Å². The van der Waals surface area contributed by atoms with Gasteiger partial charge < -0.3 is 10.6 Å². The minimum absolute atomic E-state index is 0.511. The Labute approximate surface area is 158 Å². The highest BCUT2D eigenvalue weighted by Crippen LogP contribution is 2.19. The molecule has 144 valence electrons. The van der Waals surface area contributed by atoms with E-state index in [1.807, 2.05) is 7.05 Å². The maximum Gasteiger partial charge on any atom is 0.190 e. The van der Waals surface area contributed by atoms with Gasteiger partial charge in [-0.2, -0.15) is 0 Å². The molecule has 0 amide bonds. The fourth-order valence-electron chi connectivity index (χ4n) is 2.81. The topological polar surface area (TPSA) is 52.6 Å². The van der Waals surface area contributed by atoms with Crippen LogP contribution in [0, 0.1) is 0 Å². The number of thiazole rings is 1. The van der Waals surface area contributed by atoms with E-state index in [-0.39, 0.29) is 0 Å². The fraction of sp³-hybridized carbons (Fsp3) is 0.789. The van der Waals surface area contributed by atoms with Gasteiger partial charge >= 0.3 is 0 Å². The van der Waals surface area contributed by atoms with E-state index in [2.05, 4.69) is 72.4 Å². The van der Waals surface area contributed by atoms with Crippen LogP contribution in [0.4, 0.5) is 0 Å². The van der Waals surface area contributed by atoms with Gasteiger partial charge in [-0.05, 0) is 34.1 Å². The molecule has 0 fully saturated rings. The van der Waals surface area contributed by atoms with Gasteiger partial charge in [0.2, 0.25) is 0 Å². The van der Waals surface area contributed by atoms with E-state index in [0.717, 1.165) is 38.4 Å². The van der Waals surface area contributed by atoms with Gasteiger partial charge in [-0.15, -0.1) is 11.3 Å². The van der Waals surface area contributed by atoms with E-state index in [0.29, 0.717) is 18.0 Å². The molecule has 0 radical (unpaired) electrons. The summed E-state index contributed by atoms with van der Waals surface area (Å²) < 4.78 is 0. The standard InChI is InChI=1S/C19H37N5S/c1-14(2)18-23-17(13-25-18)9-11-22-19(20-7)21-10-8-12-24(15(3)4)16(5)6/h13-16H,8-12H2,1-7H3,(H2,20,21,22). The van der Waals surface area contributed by atoms with Crippen LogP contribution in [0.5, 0.6) is 0 Å². The zero-order valence-corrected chi connectivity index (χ0v) is 17.9. The van der Waals surface area contributed by atoms with Gasteiger partial charge in [0.1, 0.15) is 0 Å². The van der Waals surface area contributed by atoms with Crippen molar-refractivity contribution in [3.8, 4) is 0 Å². The molecule has 0 aliphatic heterocycles. The summed E-state index contributed by atoms with van der Waals surface area (Å²) in [5.41, 5.74) is 1.17. The lowest BCUT2D eigenvalue weighted by molar-refractivity contribution is 0.173. The number of aromatic nitrogens is 1. The van der Waals surface area contributed by atoms with Crippen molar-refractivity contribution in [2.45, 2.75) is 72.4 Å². The molecule has 0 saturated heterocycles. The van der Waals surface area contributed by atoms with Crippen molar-refractivity contribution in [1.29, 1.82) is 0 Å². The first kappa shape index (κ1) is 21.9. The van der Waals surface area contributed by atoms with Crippen molar-refractivity contribution in [3.63, 3.8) is 0 Å². The summed E-state index contributed by atoms with van der Waals surface area (Å²) in [6.45, 7) is 16.3. The molecule has 0 spiro atoms. The molecule has 5 nitrogen and oxygen atoms in total. The molecule has 0 atom stereocenters. The van der Waals surface area contributed by atoms with Gasteiger partial charge in [0.25, 0.3) is 0 Å². The van der Waals surface area contributed by atoms with Crippen LogP contribution >= 0.6 is 11.3 Å². The van der Waals surface area contributed by atoms with Crippen LogP contribution in [0.2, 0.25) is 0 Å². The van der Waals surface area contributed by atoms with Crippen molar-refractivity contribution in [3.05, 3.63) is 16.1 Å². The quantitative estimate of drug-likeness (QED) is 0.378. The Hall–Kier alpha value is -1.14. The highest BCUT2D eigenvalue weighted by Gasteiger charge is 2.12. The predicted octanol–water partition coefficient (Wildman–Crippen LogP) is 3.48. The summed E-state index contributed by atoms with van der Waals surface area (Å²) in [6.07, 6.45) is 2.04. The van der Waals surface area contributed by atoms with Crippen LogP contribution in [-0.2, 0) is 6.42 Å². The zero-order valence-electron chi connectivity index (χ0n) is 17.1. The summed E-state index contributed by atoms with van der Waals surface area (Å²) >= 11 is 1.76. The van der Waals surface area contributed by atoms with Gasteiger partial charge in [0.05, 0.1) is 10.7 Å². The van der Waals surface area contributed by atoms with Crippen molar-refractivity contribution >= 4 is 17.3 Å². The van der Waals surface area contributed by atoms with Gasteiger partial charge in [0.15, 0.2) is 5.96 Å². The maximum atomic E-state index is 4.67. The van der Waals surface area contributed by atoms with Crippen molar-refractivity contribution < 1.29 is 0 Å². The van der Waals surface area contributed by atoms with Crippen LogP contribution in [0.1, 0.15) is 64.6 Å². The first-order valence-electron chi connectivity index (χ1n) is 9.49. The third-order valence-corrected chi connectivity index (χ3v) is 5.37. The fourth-order valence-corrected chi connectivity index (χ4v) is 3.68. The second-order valence-electron chi connectivity index (χ2n) is 7.29. The second-order valence-corrected chi connectivity index (χ2v) is 8.18. The van der Waals surface area contributed by atoms with Crippen LogP contribution in [0.3, 0.4) is 0 Å². The van der Waals surface area contributed by atoms with Crippen LogP contribution in [-0.4, -0.2) is 54.6 Å². The van der Waals surface area contributed by atoms with Gasteiger partial charge in [-0.1, -0.05) is 13.8 Å². The Morgan fingerprint density at radius 1 is 1.12 bits per heavy atom. The lowest BCUT2D eigenvalue weighted by Gasteiger charge is -2.30. The smallest absolute Gasteiger partial charge is 0.190 e. The molecule has 1 aromatic heterocycles. The summed E-state index contributed by atoms with van der Waals surface area (Å²) in [5, 5.41) is 10.2. The molecule has 1 rings (SSSR count). The highest BCUT2D eigenvalue weighted by molar-refractivity contribution is 7.09. The molecule has 0 bridgehead atoms. The van der Waals surface area contributed by atoms with Gasteiger partial charge in [-0.25, -0.2) is 4.98 Å². The monoisotopic (exact) mass is 367 g/mol. The number of hydrogen-bond acceptors (Lipinski definition) is 4. The molecular formula is C19H37N5S. The normalized spacial score (nSPS) is 12.7. The number of nitrogens with zero attached hydrogens (tertiary/aromatic N) is 3. The minimum Gasteiger partial charge on any atom is -0.356 e. The van der Waals surface area contributed by atoms with E-state index >= 15 is 0 Å². The molecular weight excluding hydrogens is 330 g/mol. The van der Waals surface area contributed by atoms with E-state index in [1.165, 1.54) is 10.7 Å². The Morgan fingerprint density at radius 2 is 1.76 bits per heavy atom. The lowest BCUT2D eigenvalue weighted by atomic mass is 10.2. The average molecular weight is 368 g/mol. The molecule has 6 heteroatoms. The van der Waals surface area contributed by atoms with Crippen LogP contribution < -0.4 is 10.6 Å². The Bertz CT molecular complexity index is 500. The summed E-state index contributed by atoms with van der Waals surface area (Å²) in [6, 6.07) is 1.18. The molecule has 1 heterocycles. The average Bonchev–Trinajstić information content (AvgIpc) is 3.01. The zero-order chi connectivity index (χ0) is 18.8. The maximum absolute atomic E-state index is 4.67. The number of aliphatic imine (C=N–C) groups is 1. The Kier molecular flexibility index (Phi) is 10.0. The van der Waals surface area contributed by atoms with Gasteiger partial charge in [-0.3, -0.25) is 9.89 Å². The Morgan fingerprint density at radius 3 is 2.28 bits per heavy atom. The molecule has 25 heavy (non-hydrogen) atoms. The summed E-state index contributed by atoms with van der Waals surface area (Å²) in [4.78, 5) is 11.5. The first-order chi connectivity index (χ1) is 11.8. The van der Waals surface area contributed by atoms with Crippen molar-refractivity contribution in [1.82, 2.24) is 20.5 Å². The Balaban J connectivity index is 2.26. The molecule has 2 N–H and O–H groups in total. The number of hydrogen-bond donors (Lipinski definition) is 2. The number of nitrogens with one attached hydrogen (secondary N) is 2. The highest BCUT2D eigenvalue weighted by atomic mass is 32.1. The van der Waals surface area contributed by atoms with Crippen LogP contribution in [0.15, 0.2) is 10.4 Å². The summed E-state index contributed by atoms with van der Waals surface area (Å²) in [5.74, 6) is 1.39. The SMILES string of the molecule is CN=C(NCCCN(C(C)C)C(C)C)NCCc1csc(C(C)C)n1. The number of guanidine groups is 1. The molecule has 0 aliphatic rings. The first-order valence-corrected chi connectivity index (χ1v) is 10.4. The molecule has 0 saturated carbocycles. The minimum atomic E-state index is 0.511. The third kappa shape index (κ3) is 8.19. The third-order valence-electron chi connectivity index (χ3n) is 4.17. The molecule has 0 unspecified atom stereocenters. The largest absolute Gasteiger partial charge is 0.356 e. The summed E-state index contributed by atoms with van der Waals surface area (Å²) in [7, 11) is 1.82. The molecule has 1 aromatic rings. The van der Waals surface area contributed by atoms with Crippen LogP contribution in [0.25, 0.3) is 0 Å². The van der Waals surface area contributed by atoms with E-state index < -0.39 is 0 Å². The molecule has 0 aliphatic carbocycles. The number of rotatable bonds is 10. The van der Waals surface area contributed by atoms with Crippen molar-refractivity contribution in [2.24, 2.45) is 4.99 Å². The molecule has 0 aromatic carbocycles. The lowest BCUT2D eigenvalue weighted by Crippen LogP contribution is -2.41. The van der Waals surface area contributed by atoms with E-state index in [1.54, 1.807) is 11.3 Å². The van der Waals surface area contributed by atoms with E-state index in [4.69, 9.17) is 0 Å². The predicted molar refractivity (Wildman–Crippen MR) is 111 cm³/mol. The second kappa shape index (κ2) is 11.5. The van der Waals surface area contributed by atoms with Gasteiger partial charge in [0, 0.05) is 56.5 Å².